The maximum absolute atomic E-state index is 13.3. The molecule has 138 valence electrons. The molecular formula is C19H28FN3O2. The zero-order valence-electron chi connectivity index (χ0n) is 15.1. The molecule has 1 heterocycles. The van der Waals surface area contributed by atoms with Crippen LogP contribution in [0, 0.1) is 5.82 Å². The second-order valence-electron chi connectivity index (χ2n) is 6.52. The third kappa shape index (κ3) is 5.53. The van der Waals surface area contributed by atoms with Gasteiger partial charge in [-0.2, -0.15) is 0 Å². The van der Waals surface area contributed by atoms with E-state index >= 15 is 0 Å². The molecule has 0 aromatic heterocycles. The van der Waals surface area contributed by atoms with Gasteiger partial charge in [0.1, 0.15) is 5.82 Å². The minimum absolute atomic E-state index is 0.307. The summed E-state index contributed by atoms with van der Waals surface area (Å²) in [5.74, 6) is -1.72. The Morgan fingerprint density at radius 1 is 1.36 bits per heavy atom. The van der Waals surface area contributed by atoms with Gasteiger partial charge in [-0.15, -0.1) is 0 Å². The zero-order valence-corrected chi connectivity index (χ0v) is 15.1. The van der Waals surface area contributed by atoms with Gasteiger partial charge in [0.15, 0.2) is 0 Å². The van der Waals surface area contributed by atoms with Gasteiger partial charge in [0.05, 0.1) is 0 Å². The van der Waals surface area contributed by atoms with Crippen molar-refractivity contribution < 1.29 is 14.0 Å². The average Bonchev–Trinajstić information content (AvgIpc) is 2.60. The van der Waals surface area contributed by atoms with Gasteiger partial charge in [0.2, 0.25) is 0 Å². The molecule has 6 heteroatoms. The summed E-state index contributed by atoms with van der Waals surface area (Å²) in [6.45, 7) is 6.80. The van der Waals surface area contributed by atoms with Gasteiger partial charge < -0.3 is 15.1 Å². The molecule has 0 bridgehead atoms. The van der Waals surface area contributed by atoms with Crippen LogP contribution in [0.25, 0.3) is 0 Å². The van der Waals surface area contributed by atoms with E-state index in [1.165, 1.54) is 42.4 Å². The Kier molecular flexibility index (Phi) is 7.37. The monoisotopic (exact) mass is 349 g/mol. The van der Waals surface area contributed by atoms with E-state index in [1.807, 2.05) is 0 Å². The molecular weight excluding hydrogens is 321 g/mol. The topological polar surface area (TPSA) is 52.7 Å². The number of nitrogens with one attached hydrogen (secondary N) is 1. The molecule has 0 radical (unpaired) electrons. The van der Waals surface area contributed by atoms with Gasteiger partial charge in [-0.05, 0) is 57.9 Å². The fourth-order valence-corrected chi connectivity index (χ4v) is 3.26. The summed E-state index contributed by atoms with van der Waals surface area (Å²) in [6.07, 6.45) is 4.56. The van der Waals surface area contributed by atoms with E-state index < -0.39 is 17.6 Å². The number of likely N-dealkylation sites (N-methyl/N-ethyl adjacent to an activating group) is 1. The molecule has 2 rings (SSSR count). The van der Waals surface area contributed by atoms with Crippen LogP contribution in [0.3, 0.4) is 0 Å². The molecule has 1 aliphatic rings. The first-order valence-corrected chi connectivity index (χ1v) is 9.12. The molecule has 2 amide bonds. The highest BCUT2D eigenvalue weighted by Crippen LogP contribution is 2.17. The number of nitrogens with zero attached hydrogens (tertiary/aromatic N) is 2. The number of carbonyl (C=O) groups is 2. The van der Waals surface area contributed by atoms with Crippen LogP contribution >= 0.6 is 0 Å². The molecule has 1 N–H and O–H groups in total. The molecule has 1 aliphatic heterocycles. The van der Waals surface area contributed by atoms with Crippen molar-refractivity contribution in [1.29, 1.82) is 0 Å². The van der Waals surface area contributed by atoms with Gasteiger partial charge in [-0.25, -0.2) is 4.39 Å². The van der Waals surface area contributed by atoms with Crippen molar-refractivity contribution in [1.82, 2.24) is 10.2 Å². The van der Waals surface area contributed by atoms with Crippen molar-refractivity contribution in [3.8, 4) is 0 Å². The molecule has 1 aromatic carbocycles. The molecule has 0 spiro atoms. The van der Waals surface area contributed by atoms with Crippen molar-refractivity contribution in [3.05, 3.63) is 30.1 Å². The lowest BCUT2D eigenvalue weighted by Crippen LogP contribution is -2.44. The highest BCUT2D eigenvalue weighted by atomic mass is 19.1. The van der Waals surface area contributed by atoms with E-state index in [0.717, 1.165) is 19.5 Å². The van der Waals surface area contributed by atoms with Gasteiger partial charge in [-0.1, -0.05) is 12.5 Å². The van der Waals surface area contributed by atoms with Crippen molar-refractivity contribution in [3.63, 3.8) is 0 Å². The van der Waals surface area contributed by atoms with Crippen molar-refractivity contribution >= 4 is 17.5 Å². The van der Waals surface area contributed by atoms with Crippen LogP contribution in [0.4, 0.5) is 10.1 Å². The third-order valence-corrected chi connectivity index (χ3v) is 4.72. The average molecular weight is 349 g/mol. The quantitative estimate of drug-likeness (QED) is 0.634. The number of rotatable bonds is 6. The number of hydrogen-bond donors (Lipinski definition) is 1. The van der Waals surface area contributed by atoms with Gasteiger partial charge in [-0.3, -0.25) is 9.59 Å². The maximum Gasteiger partial charge on any atom is 0.316 e. The van der Waals surface area contributed by atoms with Gasteiger partial charge in [0.25, 0.3) is 0 Å². The fraction of sp³-hybridized carbons (Fsp3) is 0.579. The predicted molar refractivity (Wildman–Crippen MR) is 96.9 cm³/mol. The molecule has 0 unspecified atom stereocenters. The minimum atomic E-state index is -0.653. The summed E-state index contributed by atoms with van der Waals surface area (Å²) in [5, 5.41) is 2.69. The van der Waals surface area contributed by atoms with E-state index in [-0.39, 0.29) is 0 Å². The zero-order chi connectivity index (χ0) is 18.2. The maximum atomic E-state index is 13.3. The Morgan fingerprint density at radius 3 is 2.84 bits per heavy atom. The first kappa shape index (κ1) is 19.4. The van der Waals surface area contributed by atoms with Crippen LogP contribution in [-0.4, -0.2) is 48.9 Å². The SMILES string of the molecule is CCN(C(=O)C(=O)NCCCN1CCCC[C@H]1C)c1cccc(F)c1. The predicted octanol–water partition coefficient (Wildman–Crippen LogP) is 2.56. The van der Waals surface area contributed by atoms with E-state index in [4.69, 9.17) is 0 Å². The summed E-state index contributed by atoms with van der Waals surface area (Å²) < 4.78 is 13.3. The Bertz CT molecular complexity index is 594. The highest BCUT2D eigenvalue weighted by molar-refractivity contribution is 6.40. The third-order valence-electron chi connectivity index (χ3n) is 4.72. The van der Waals surface area contributed by atoms with E-state index in [2.05, 4.69) is 17.1 Å². The molecule has 0 saturated carbocycles. The Morgan fingerprint density at radius 2 is 2.16 bits per heavy atom. The number of piperidine rings is 1. The number of likely N-dealkylation sites (tertiary alicyclic amines) is 1. The largest absolute Gasteiger partial charge is 0.348 e. The van der Waals surface area contributed by atoms with Crippen LogP contribution in [0.2, 0.25) is 0 Å². The minimum Gasteiger partial charge on any atom is -0.348 e. The molecule has 25 heavy (non-hydrogen) atoms. The summed E-state index contributed by atoms with van der Waals surface area (Å²) in [6, 6.07) is 6.30. The fourth-order valence-electron chi connectivity index (χ4n) is 3.26. The summed E-state index contributed by atoms with van der Waals surface area (Å²) >= 11 is 0. The lowest BCUT2D eigenvalue weighted by atomic mass is 10.0. The molecule has 1 aromatic rings. The summed E-state index contributed by atoms with van der Waals surface area (Å²) in [4.78, 5) is 28.1. The number of carbonyl (C=O) groups excluding carboxylic acids is 2. The van der Waals surface area contributed by atoms with E-state index in [1.54, 1.807) is 13.0 Å². The van der Waals surface area contributed by atoms with Crippen LogP contribution < -0.4 is 10.2 Å². The Hall–Kier alpha value is -1.95. The van der Waals surface area contributed by atoms with Crippen LogP contribution in [0.15, 0.2) is 24.3 Å². The number of anilines is 1. The molecule has 1 fully saturated rings. The van der Waals surface area contributed by atoms with Crippen LogP contribution in [-0.2, 0) is 9.59 Å². The van der Waals surface area contributed by atoms with E-state index in [0.29, 0.717) is 24.8 Å². The van der Waals surface area contributed by atoms with Crippen molar-refractivity contribution in [2.24, 2.45) is 0 Å². The molecule has 0 aliphatic carbocycles. The van der Waals surface area contributed by atoms with Crippen molar-refractivity contribution in [2.75, 3.05) is 31.1 Å². The second kappa shape index (κ2) is 9.51. The first-order valence-electron chi connectivity index (χ1n) is 9.12. The first-order chi connectivity index (χ1) is 12.0. The number of amides is 2. The molecule has 5 nitrogen and oxygen atoms in total. The number of benzene rings is 1. The molecule has 1 saturated heterocycles. The number of halogens is 1. The lowest BCUT2D eigenvalue weighted by molar-refractivity contribution is -0.137. The second-order valence-corrected chi connectivity index (χ2v) is 6.52. The van der Waals surface area contributed by atoms with Crippen LogP contribution in [0.5, 0.6) is 0 Å². The van der Waals surface area contributed by atoms with Gasteiger partial charge in [0, 0.05) is 31.4 Å². The van der Waals surface area contributed by atoms with Crippen LogP contribution in [0.1, 0.15) is 39.5 Å². The molecule has 1 atom stereocenters. The number of hydrogen-bond acceptors (Lipinski definition) is 3. The lowest BCUT2D eigenvalue weighted by Gasteiger charge is -2.33. The van der Waals surface area contributed by atoms with E-state index in [9.17, 15) is 14.0 Å². The normalized spacial score (nSPS) is 18.0. The Balaban J connectivity index is 1.79. The Labute approximate surface area is 149 Å². The summed E-state index contributed by atoms with van der Waals surface area (Å²) in [5.41, 5.74) is 0.393. The van der Waals surface area contributed by atoms with Gasteiger partial charge >= 0.3 is 11.8 Å². The highest BCUT2D eigenvalue weighted by Gasteiger charge is 2.22. The smallest absolute Gasteiger partial charge is 0.316 e. The van der Waals surface area contributed by atoms with Crippen molar-refractivity contribution in [2.45, 2.75) is 45.6 Å². The summed E-state index contributed by atoms with van der Waals surface area (Å²) in [7, 11) is 0. The standard InChI is InChI=1S/C19H28FN3O2/c1-3-23(17-10-6-9-16(20)14-17)19(25)18(24)21-11-7-13-22-12-5-4-8-15(22)2/h6,9-10,14-15H,3-5,7-8,11-13H2,1-2H3,(H,21,24)/t15-/m1/s1.